The summed E-state index contributed by atoms with van der Waals surface area (Å²) >= 11 is 0. The number of amides is 1. The summed E-state index contributed by atoms with van der Waals surface area (Å²) in [5.74, 6) is 0.686. The van der Waals surface area contributed by atoms with Gasteiger partial charge in [-0.1, -0.05) is 26.7 Å². The molecule has 1 aromatic heterocycles. The Morgan fingerprint density at radius 2 is 2.30 bits per heavy atom. The van der Waals surface area contributed by atoms with Gasteiger partial charge in [0.2, 0.25) is 5.91 Å². The quantitative estimate of drug-likeness (QED) is 0.671. The Hall–Kier alpha value is -1.92. The van der Waals surface area contributed by atoms with Crippen LogP contribution in [-0.4, -0.2) is 26.7 Å². The second-order valence-corrected chi connectivity index (χ2v) is 5.57. The molecule has 1 saturated carbocycles. The maximum atomic E-state index is 12.0. The Labute approximate surface area is 117 Å². The van der Waals surface area contributed by atoms with Gasteiger partial charge in [-0.2, -0.15) is 4.68 Å². The van der Waals surface area contributed by atoms with E-state index in [-0.39, 0.29) is 24.3 Å². The molecule has 0 aromatic carbocycles. The van der Waals surface area contributed by atoms with Gasteiger partial charge in [0, 0.05) is 6.04 Å². The van der Waals surface area contributed by atoms with E-state index in [0.29, 0.717) is 11.8 Å². The summed E-state index contributed by atoms with van der Waals surface area (Å²) in [4.78, 5) is 21.9. The molecule has 1 fully saturated rings. The second-order valence-electron chi connectivity index (χ2n) is 5.57. The standard InChI is InChI=1S/C13H20N4O3/c1-9-4-3-5-11(10(9)2)14-13(18)8-16-7-6-12(15-16)17(19)20/h6-7,9-11H,3-5,8H2,1-2H3,(H,14,18). The Kier molecular flexibility index (Phi) is 4.36. The van der Waals surface area contributed by atoms with Crippen molar-refractivity contribution in [3.8, 4) is 0 Å². The van der Waals surface area contributed by atoms with Crippen LogP contribution in [0.25, 0.3) is 0 Å². The summed E-state index contributed by atoms with van der Waals surface area (Å²) in [7, 11) is 0. The molecule has 110 valence electrons. The minimum Gasteiger partial charge on any atom is -0.358 e. The van der Waals surface area contributed by atoms with Crippen molar-refractivity contribution in [1.82, 2.24) is 15.1 Å². The predicted molar refractivity (Wildman–Crippen MR) is 73.0 cm³/mol. The molecule has 0 radical (unpaired) electrons. The molecule has 0 aliphatic heterocycles. The number of carbonyl (C=O) groups is 1. The zero-order chi connectivity index (χ0) is 14.7. The van der Waals surface area contributed by atoms with E-state index in [1.165, 1.54) is 23.4 Å². The van der Waals surface area contributed by atoms with E-state index in [2.05, 4.69) is 24.3 Å². The van der Waals surface area contributed by atoms with Crippen molar-refractivity contribution in [3.05, 3.63) is 22.4 Å². The Morgan fingerprint density at radius 3 is 2.95 bits per heavy atom. The first-order chi connectivity index (χ1) is 9.47. The minimum atomic E-state index is -0.570. The van der Waals surface area contributed by atoms with E-state index in [1.807, 2.05) is 0 Å². The van der Waals surface area contributed by atoms with Crippen molar-refractivity contribution >= 4 is 11.7 Å². The number of nitro groups is 1. The third-order valence-corrected chi connectivity index (χ3v) is 4.17. The Balaban J connectivity index is 1.90. The maximum absolute atomic E-state index is 12.0. The van der Waals surface area contributed by atoms with Crippen LogP contribution < -0.4 is 5.32 Å². The van der Waals surface area contributed by atoms with E-state index in [4.69, 9.17) is 0 Å². The smallest absolute Gasteiger partial charge is 0.358 e. The van der Waals surface area contributed by atoms with Crippen molar-refractivity contribution < 1.29 is 9.72 Å². The van der Waals surface area contributed by atoms with E-state index in [9.17, 15) is 14.9 Å². The fraction of sp³-hybridized carbons (Fsp3) is 0.692. The zero-order valence-corrected chi connectivity index (χ0v) is 11.8. The highest BCUT2D eigenvalue weighted by Gasteiger charge is 2.28. The molecule has 20 heavy (non-hydrogen) atoms. The molecule has 1 heterocycles. The zero-order valence-electron chi connectivity index (χ0n) is 11.8. The molecule has 7 nitrogen and oxygen atoms in total. The number of rotatable bonds is 4. The fourth-order valence-corrected chi connectivity index (χ4v) is 2.72. The van der Waals surface area contributed by atoms with Gasteiger partial charge in [-0.05, 0) is 23.2 Å². The lowest BCUT2D eigenvalue weighted by Crippen LogP contribution is -2.44. The molecule has 1 aliphatic rings. The summed E-state index contributed by atoms with van der Waals surface area (Å²) in [5.41, 5.74) is 0. The number of hydrogen-bond acceptors (Lipinski definition) is 4. The SMILES string of the molecule is CC1CCCC(NC(=O)Cn2ccc([N+](=O)[O-])n2)C1C. The van der Waals surface area contributed by atoms with Crippen LogP contribution in [0.5, 0.6) is 0 Å². The monoisotopic (exact) mass is 280 g/mol. The maximum Gasteiger partial charge on any atom is 0.389 e. The van der Waals surface area contributed by atoms with Crippen LogP contribution >= 0.6 is 0 Å². The van der Waals surface area contributed by atoms with Crippen LogP contribution in [0.4, 0.5) is 5.82 Å². The van der Waals surface area contributed by atoms with Gasteiger partial charge < -0.3 is 15.4 Å². The number of nitrogens with one attached hydrogen (secondary N) is 1. The van der Waals surface area contributed by atoms with Crippen molar-refractivity contribution in [2.45, 2.75) is 45.7 Å². The molecule has 1 aromatic rings. The first-order valence-electron chi connectivity index (χ1n) is 6.94. The molecule has 7 heteroatoms. The summed E-state index contributed by atoms with van der Waals surface area (Å²) in [5, 5.41) is 17.3. The van der Waals surface area contributed by atoms with Gasteiger partial charge in [-0.3, -0.25) is 4.79 Å². The van der Waals surface area contributed by atoms with Crippen molar-refractivity contribution in [2.75, 3.05) is 0 Å². The predicted octanol–water partition coefficient (Wildman–Crippen LogP) is 1.73. The van der Waals surface area contributed by atoms with Crippen LogP contribution in [0, 0.1) is 22.0 Å². The first-order valence-corrected chi connectivity index (χ1v) is 6.94. The van der Waals surface area contributed by atoms with Gasteiger partial charge >= 0.3 is 5.82 Å². The lowest BCUT2D eigenvalue weighted by molar-refractivity contribution is -0.389. The fourth-order valence-electron chi connectivity index (χ4n) is 2.72. The van der Waals surface area contributed by atoms with Crippen LogP contribution in [0.1, 0.15) is 33.1 Å². The van der Waals surface area contributed by atoms with Crippen LogP contribution in [0.2, 0.25) is 0 Å². The third kappa shape index (κ3) is 3.34. The lowest BCUT2D eigenvalue weighted by Gasteiger charge is -2.34. The summed E-state index contributed by atoms with van der Waals surface area (Å²) < 4.78 is 1.30. The largest absolute Gasteiger partial charge is 0.389 e. The Bertz CT molecular complexity index is 500. The first kappa shape index (κ1) is 14.5. The van der Waals surface area contributed by atoms with Gasteiger partial charge in [-0.25, -0.2) is 0 Å². The molecule has 3 unspecified atom stereocenters. The molecular weight excluding hydrogens is 260 g/mol. The average molecular weight is 280 g/mol. The molecule has 0 bridgehead atoms. The Morgan fingerprint density at radius 1 is 1.55 bits per heavy atom. The van der Waals surface area contributed by atoms with Crippen LogP contribution in [-0.2, 0) is 11.3 Å². The molecule has 1 N–H and O–H groups in total. The van der Waals surface area contributed by atoms with Gasteiger partial charge in [0.25, 0.3) is 0 Å². The summed E-state index contributed by atoms with van der Waals surface area (Å²) in [6, 6.07) is 1.48. The van der Waals surface area contributed by atoms with Gasteiger partial charge in [-0.15, -0.1) is 0 Å². The van der Waals surface area contributed by atoms with Crippen LogP contribution in [0.15, 0.2) is 12.3 Å². The van der Waals surface area contributed by atoms with Crippen molar-refractivity contribution in [2.24, 2.45) is 11.8 Å². The molecule has 2 rings (SSSR count). The minimum absolute atomic E-state index is 0.0193. The number of hydrogen-bond donors (Lipinski definition) is 1. The average Bonchev–Trinajstić information content (AvgIpc) is 2.83. The number of carbonyl (C=O) groups excluding carboxylic acids is 1. The molecule has 1 amide bonds. The van der Waals surface area contributed by atoms with E-state index < -0.39 is 4.92 Å². The highest BCUT2D eigenvalue weighted by atomic mass is 16.6. The molecule has 1 aliphatic carbocycles. The van der Waals surface area contributed by atoms with Gasteiger partial charge in [0.05, 0.1) is 17.4 Å². The third-order valence-electron chi connectivity index (χ3n) is 4.17. The summed E-state index contributed by atoms with van der Waals surface area (Å²) in [6.45, 7) is 4.39. The highest BCUT2D eigenvalue weighted by molar-refractivity contribution is 5.76. The van der Waals surface area contributed by atoms with E-state index in [0.717, 1.165) is 12.8 Å². The molecule has 3 atom stereocenters. The normalized spacial score (nSPS) is 26.2. The second kappa shape index (κ2) is 6.02. The van der Waals surface area contributed by atoms with E-state index in [1.54, 1.807) is 0 Å². The molecular formula is C13H20N4O3. The van der Waals surface area contributed by atoms with E-state index >= 15 is 0 Å². The number of aromatic nitrogens is 2. The van der Waals surface area contributed by atoms with Gasteiger partial charge in [0.15, 0.2) is 0 Å². The highest BCUT2D eigenvalue weighted by Crippen LogP contribution is 2.29. The topological polar surface area (TPSA) is 90.1 Å². The van der Waals surface area contributed by atoms with Crippen LogP contribution in [0.3, 0.4) is 0 Å². The van der Waals surface area contributed by atoms with Crippen molar-refractivity contribution in [1.29, 1.82) is 0 Å². The summed E-state index contributed by atoms with van der Waals surface area (Å²) in [6.07, 6.45) is 4.78. The molecule has 0 spiro atoms. The van der Waals surface area contributed by atoms with Gasteiger partial charge in [0.1, 0.15) is 6.54 Å². The molecule has 0 saturated heterocycles. The van der Waals surface area contributed by atoms with Crippen molar-refractivity contribution in [3.63, 3.8) is 0 Å². The number of nitrogens with zero attached hydrogens (tertiary/aromatic N) is 3. The lowest BCUT2D eigenvalue weighted by atomic mass is 9.78.